The highest BCUT2D eigenvalue weighted by atomic mass is 14.8. The molecule has 0 bridgehead atoms. The van der Waals surface area contributed by atoms with Crippen LogP contribution < -0.4 is 5.73 Å². The summed E-state index contributed by atoms with van der Waals surface area (Å²) in [4.78, 5) is 4.33. The van der Waals surface area contributed by atoms with Gasteiger partial charge in [0.05, 0.1) is 5.71 Å². The van der Waals surface area contributed by atoms with Crippen molar-refractivity contribution < 1.29 is 0 Å². The smallest absolute Gasteiger partial charge is 0.0534 e. The maximum atomic E-state index is 5.61. The van der Waals surface area contributed by atoms with Crippen LogP contribution in [0.25, 0.3) is 0 Å². The van der Waals surface area contributed by atoms with Crippen molar-refractivity contribution in [1.29, 1.82) is 0 Å². The Balaban J connectivity index is 2.39. The molecule has 1 atom stereocenters. The van der Waals surface area contributed by atoms with Crippen LogP contribution in [0.15, 0.2) is 40.7 Å². The first kappa shape index (κ1) is 6.40. The van der Waals surface area contributed by atoms with Crippen molar-refractivity contribution in [3.05, 3.63) is 35.7 Å². The maximum absolute atomic E-state index is 5.61. The molecule has 1 heterocycles. The minimum absolute atomic E-state index is 0.377. The molecule has 2 aliphatic rings. The lowest BCUT2D eigenvalue weighted by atomic mass is 9.99. The van der Waals surface area contributed by atoms with Gasteiger partial charge in [0.25, 0.3) is 0 Å². The third-order valence-electron chi connectivity index (χ3n) is 1.88. The Labute approximate surface area is 65.8 Å². The summed E-state index contributed by atoms with van der Waals surface area (Å²) < 4.78 is 0. The molecular formula is C9H10N2. The second kappa shape index (κ2) is 2.09. The topological polar surface area (TPSA) is 38.4 Å². The minimum atomic E-state index is 0.377. The van der Waals surface area contributed by atoms with Crippen molar-refractivity contribution in [3.63, 3.8) is 0 Å². The van der Waals surface area contributed by atoms with E-state index in [0.717, 1.165) is 17.1 Å². The van der Waals surface area contributed by atoms with Crippen LogP contribution in [-0.2, 0) is 0 Å². The number of hydrogen-bond donors (Lipinski definition) is 1. The highest BCUT2D eigenvalue weighted by Crippen LogP contribution is 2.22. The van der Waals surface area contributed by atoms with E-state index in [9.17, 15) is 0 Å². The maximum Gasteiger partial charge on any atom is 0.0534 e. The third-order valence-corrected chi connectivity index (χ3v) is 1.88. The van der Waals surface area contributed by atoms with Gasteiger partial charge in [-0.1, -0.05) is 12.2 Å². The number of nitrogens with zero attached hydrogens (tertiary/aromatic N) is 1. The summed E-state index contributed by atoms with van der Waals surface area (Å²) in [5.74, 6) is 0.377. The Morgan fingerprint density at radius 3 is 3.18 bits per heavy atom. The summed E-state index contributed by atoms with van der Waals surface area (Å²) in [5, 5.41) is 0. The normalized spacial score (nSPS) is 27.4. The van der Waals surface area contributed by atoms with Crippen LogP contribution in [0.2, 0.25) is 0 Å². The van der Waals surface area contributed by atoms with Gasteiger partial charge in [-0.15, -0.1) is 0 Å². The van der Waals surface area contributed by atoms with Gasteiger partial charge < -0.3 is 5.73 Å². The molecule has 2 rings (SSSR count). The van der Waals surface area contributed by atoms with Crippen LogP contribution in [0.3, 0.4) is 0 Å². The van der Waals surface area contributed by atoms with E-state index in [2.05, 4.69) is 17.1 Å². The molecule has 0 saturated heterocycles. The van der Waals surface area contributed by atoms with Gasteiger partial charge in [-0.05, 0) is 19.1 Å². The molecule has 0 aromatic rings. The van der Waals surface area contributed by atoms with E-state index >= 15 is 0 Å². The monoisotopic (exact) mass is 146 g/mol. The summed E-state index contributed by atoms with van der Waals surface area (Å²) in [5.41, 5.74) is 8.56. The predicted molar refractivity (Wildman–Crippen MR) is 46.1 cm³/mol. The zero-order valence-electron chi connectivity index (χ0n) is 6.41. The molecule has 0 unspecified atom stereocenters. The lowest BCUT2D eigenvalue weighted by molar-refractivity contribution is 1.14. The van der Waals surface area contributed by atoms with Crippen molar-refractivity contribution >= 4 is 5.71 Å². The Hall–Kier alpha value is -1.31. The van der Waals surface area contributed by atoms with Crippen molar-refractivity contribution in [1.82, 2.24) is 0 Å². The molecule has 0 saturated carbocycles. The zero-order chi connectivity index (χ0) is 7.84. The second-order valence-corrected chi connectivity index (χ2v) is 2.87. The number of aliphatic imine (C=N–C) groups is 1. The summed E-state index contributed by atoms with van der Waals surface area (Å²) in [7, 11) is 0. The summed E-state index contributed by atoms with van der Waals surface area (Å²) in [6.45, 7) is 2.00. The summed E-state index contributed by atoms with van der Waals surface area (Å²) in [6.07, 6.45) is 8.07. The van der Waals surface area contributed by atoms with Crippen LogP contribution in [0.1, 0.15) is 6.92 Å². The van der Waals surface area contributed by atoms with Gasteiger partial charge in [-0.2, -0.15) is 0 Å². The molecule has 0 amide bonds. The van der Waals surface area contributed by atoms with Crippen LogP contribution in [0.4, 0.5) is 0 Å². The van der Waals surface area contributed by atoms with Crippen LogP contribution >= 0.6 is 0 Å². The van der Waals surface area contributed by atoms with Crippen LogP contribution in [0, 0.1) is 5.92 Å². The van der Waals surface area contributed by atoms with Gasteiger partial charge in [0.2, 0.25) is 0 Å². The third kappa shape index (κ3) is 1.00. The molecule has 11 heavy (non-hydrogen) atoms. The van der Waals surface area contributed by atoms with Gasteiger partial charge in [0, 0.05) is 17.3 Å². The van der Waals surface area contributed by atoms with Gasteiger partial charge >= 0.3 is 0 Å². The van der Waals surface area contributed by atoms with E-state index in [0.29, 0.717) is 5.92 Å². The highest BCUT2D eigenvalue weighted by Gasteiger charge is 2.17. The average Bonchev–Trinajstić information content (AvgIpc) is 2.27. The fourth-order valence-corrected chi connectivity index (χ4v) is 1.38. The molecule has 2 heteroatoms. The van der Waals surface area contributed by atoms with E-state index in [1.807, 2.05) is 19.1 Å². The molecule has 0 aromatic carbocycles. The fourth-order valence-electron chi connectivity index (χ4n) is 1.38. The number of fused-ring (bicyclic) bond motifs is 1. The standard InChI is InChI=1S/C9H10N2/c1-6-4-7-2-3-8(10)5-9(7)11-6/h2-5,7H,10H2,1H3/t7-/m1/s1. The Morgan fingerprint density at radius 2 is 2.36 bits per heavy atom. The highest BCUT2D eigenvalue weighted by molar-refractivity contribution is 6.03. The summed E-state index contributed by atoms with van der Waals surface area (Å²) in [6, 6.07) is 0. The predicted octanol–water partition coefficient (Wildman–Crippen LogP) is 1.37. The minimum Gasteiger partial charge on any atom is -0.399 e. The number of rotatable bonds is 0. The number of hydrogen-bond acceptors (Lipinski definition) is 2. The van der Waals surface area contributed by atoms with E-state index in [-0.39, 0.29) is 0 Å². The zero-order valence-corrected chi connectivity index (χ0v) is 6.41. The van der Waals surface area contributed by atoms with Crippen LogP contribution in [-0.4, -0.2) is 5.71 Å². The Morgan fingerprint density at radius 1 is 1.55 bits per heavy atom. The molecule has 0 spiro atoms. The molecule has 56 valence electrons. The molecule has 2 nitrogen and oxygen atoms in total. The van der Waals surface area contributed by atoms with Gasteiger partial charge in [0.15, 0.2) is 0 Å². The first-order valence-electron chi connectivity index (χ1n) is 3.68. The summed E-state index contributed by atoms with van der Waals surface area (Å²) >= 11 is 0. The van der Waals surface area contributed by atoms with E-state index < -0.39 is 0 Å². The molecule has 0 fully saturated rings. The average molecular weight is 146 g/mol. The molecule has 2 N–H and O–H groups in total. The first-order chi connectivity index (χ1) is 5.25. The Kier molecular flexibility index (Phi) is 1.22. The first-order valence-corrected chi connectivity index (χ1v) is 3.68. The van der Waals surface area contributed by atoms with E-state index in [1.54, 1.807) is 0 Å². The SMILES string of the molecule is CC1=C[C@H]2C=CC(N)=CC2=N1. The number of nitrogens with two attached hydrogens (primary N) is 1. The lowest BCUT2D eigenvalue weighted by Crippen LogP contribution is -2.11. The van der Waals surface area contributed by atoms with Gasteiger partial charge in [-0.3, -0.25) is 4.99 Å². The second-order valence-electron chi connectivity index (χ2n) is 2.87. The van der Waals surface area contributed by atoms with Gasteiger partial charge in [0.1, 0.15) is 0 Å². The van der Waals surface area contributed by atoms with Crippen molar-refractivity contribution in [2.45, 2.75) is 6.92 Å². The van der Waals surface area contributed by atoms with Gasteiger partial charge in [-0.25, -0.2) is 0 Å². The molecular weight excluding hydrogens is 136 g/mol. The van der Waals surface area contributed by atoms with Crippen LogP contribution in [0.5, 0.6) is 0 Å². The Bertz CT molecular complexity index is 306. The van der Waals surface area contributed by atoms with Crippen molar-refractivity contribution in [2.75, 3.05) is 0 Å². The fraction of sp³-hybridized carbons (Fsp3) is 0.222. The quantitative estimate of drug-likeness (QED) is 0.550. The largest absolute Gasteiger partial charge is 0.399 e. The molecule has 1 aliphatic carbocycles. The molecule has 0 aromatic heterocycles. The van der Waals surface area contributed by atoms with Crippen molar-refractivity contribution in [3.8, 4) is 0 Å². The molecule has 0 radical (unpaired) electrons. The van der Waals surface area contributed by atoms with E-state index in [1.165, 1.54) is 0 Å². The molecule has 1 aliphatic heterocycles. The van der Waals surface area contributed by atoms with E-state index in [4.69, 9.17) is 5.73 Å². The lowest BCUT2D eigenvalue weighted by Gasteiger charge is -2.07. The van der Waals surface area contributed by atoms with Crippen molar-refractivity contribution in [2.24, 2.45) is 16.6 Å². The number of allylic oxidation sites excluding steroid dienone is 5.